The molecule has 154 valence electrons. The highest BCUT2D eigenvalue weighted by Gasteiger charge is 2.28. The maximum Gasteiger partial charge on any atom is 0.263 e. The zero-order valence-corrected chi connectivity index (χ0v) is 17.6. The van der Waals surface area contributed by atoms with Crippen LogP contribution in [0.2, 0.25) is 10.0 Å². The van der Waals surface area contributed by atoms with Gasteiger partial charge in [-0.25, -0.2) is 0 Å². The summed E-state index contributed by atoms with van der Waals surface area (Å²) >= 11 is 12.0. The molecule has 1 atom stereocenters. The number of rotatable bonds is 5. The van der Waals surface area contributed by atoms with Crippen LogP contribution in [0.25, 0.3) is 0 Å². The fourth-order valence-corrected chi connectivity index (χ4v) is 4.08. The zero-order valence-electron chi connectivity index (χ0n) is 16.1. The minimum atomic E-state index is -0.607. The van der Waals surface area contributed by atoms with Crippen molar-refractivity contribution in [3.8, 4) is 17.2 Å². The van der Waals surface area contributed by atoms with Crippen molar-refractivity contribution in [1.29, 1.82) is 0 Å². The molecule has 0 radical (unpaired) electrons. The third kappa shape index (κ3) is 4.71. The van der Waals surface area contributed by atoms with Crippen LogP contribution < -0.4 is 19.1 Å². The Labute approximate surface area is 179 Å². The number of hydrogen-bond donors (Lipinski definition) is 1. The molecule has 29 heavy (non-hydrogen) atoms. The normalized spacial score (nSPS) is 17.3. The van der Waals surface area contributed by atoms with E-state index in [2.05, 4.69) is 6.07 Å². The lowest BCUT2D eigenvalue weighted by molar-refractivity contribution is -0.917. The summed E-state index contributed by atoms with van der Waals surface area (Å²) in [6.07, 6.45) is -0.607. The van der Waals surface area contributed by atoms with Crippen molar-refractivity contribution in [2.75, 3.05) is 33.0 Å². The molecule has 6 nitrogen and oxygen atoms in total. The topological polar surface area (TPSA) is 52.4 Å². The number of nitrogens with zero attached hydrogens (tertiary/aromatic N) is 1. The standard InChI is InChI=1S/C21H22Cl2N2O4/c1-14(29-18-5-3-16(22)11-17(18)23)21(26)25-8-6-24(7-9-25)12-15-2-4-19-20(10-15)28-13-27-19/h2-5,10-11,14H,6-9,12-13H2,1H3/p+1/t14-/m0/s1. The molecule has 0 aliphatic carbocycles. The molecule has 0 saturated carbocycles. The lowest BCUT2D eigenvalue weighted by Crippen LogP contribution is -3.13. The molecule has 1 saturated heterocycles. The van der Waals surface area contributed by atoms with Crippen LogP contribution in [-0.4, -0.2) is 49.9 Å². The van der Waals surface area contributed by atoms with Gasteiger partial charge in [0.15, 0.2) is 17.6 Å². The van der Waals surface area contributed by atoms with Crippen molar-refractivity contribution in [3.63, 3.8) is 0 Å². The summed E-state index contributed by atoms with van der Waals surface area (Å²) in [5.41, 5.74) is 1.21. The molecule has 2 aromatic rings. The number of benzene rings is 2. The van der Waals surface area contributed by atoms with Crippen LogP contribution in [0.4, 0.5) is 0 Å². The summed E-state index contributed by atoms with van der Waals surface area (Å²) in [6.45, 7) is 6.09. The van der Waals surface area contributed by atoms with Gasteiger partial charge in [-0.05, 0) is 43.3 Å². The van der Waals surface area contributed by atoms with Crippen LogP contribution in [0.5, 0.6) is 17.2 Å². The molecule has 0 spiro atoms. The Hall–Kier alpha value is -2.15. The Morgan fingerprint density at radius 3 is 2.66 bits per heavy atom. The smallest absolute Gasteiger partial charge is 0.263 e. The first-order valence-electron chi connectivity index (χ1n) is 9.62. The first kappa shape index (κ1) is 20.1. The summed E-state index contributed by atoms with van der Waals surface area (Å²) in [7, 11) is 0. The number of carbonyl (C=O) groups is 1. The van der Waals surface area contributed by atoms with Crippen molar-refractivity contribution in [3.05, 3.63) is 52.0 Å². The highest BCUT2D eigenvalue weighted by atomic mass is 35.5. The van der Waals surface area contributed by atoms with Gasteiger partial charge in [-0.3, -0.25) is 4.79 Å². The SMILES string of the molecule is C[C@H](Oc1ccc(Cl)cc1Cl)C(=O)N1CC[NH+](Cc2ccc3c(c2)OCO3)CC1. The largest absolute Gasteiger partial charge is 0.479 e. The molecule has 2 aliphatic heterocycles. The van der Waals surface area contributed by atoms with Crippen LogP contribution in [0.1, 0.15) is 12.5 Å². The zero-order chi connectivity index (χ0) is 20.4. The molecule has 2 heterocycles. The molecular formula is C21H23Cl2N2O4+. The van der Waals surface area contributed by atoms with Gasteiger partial charge >= 0.3 is 0 Å². The van der Waals surface area contributed by atoms with E-state index >= 15 is 0 Å². The fourth-order valence-electron chi connectivity index (χ4n) is 3.63. The number of amides is 1. The van der Waals surface area contributed by atoms with Crippen molar-refractivity contribution < 1.29 is 23.9 Å². The van der Waals surface area contributed by atoms with Gasteiger partial charge in [0.05, 0.1) is 31.2 Å². The minimum absolute atomic E-state index is 0.0295. The third-order valence-corrected chi connectivity index (χ3v) is 5.75. The van der Waals surface area contributed by atoms with E-state index in [1.165, 1.54) is 10.5 Å². The predicted molar refractivity (Wildman–Crippen MR) is 110 cm³/mol. The Balaban J connectivity index is 1.29. The maximum atomic E-state index is 12.8. The van der Waals surface area contributed by atoms with Crippen LogP contribution in [0.3, 0.4) is 0 Å². The molecule has 1 N–H and O–H groups in total. The molecule has 8 heteroatoms. The number of ether oxygens (including phenoxy) is 3. The van der Waals surface area contributed by atoms with Crippen molar-refractivity contribution in [1.82, 2.24) is 4.90 Å². The number of carbonyl (C=O) groups excluding carboxylic acids is 1. The molecule has 1 fully saturated rings. The molecule has 1 amide bonds. The summed E-state index contributed by atoms with van der Waals surface area (Å²) in [5, 5.41) is 0.929. The summed E-state index contributed by atoms with van der Waals surface area (Å²) in [6, 6.07) is 11.0. The van der Waals surface area contributed by atoms with E-state index in [1.54, 1.807) is 25.1 Å². The second-order valence-corrected chi connectivity index (χ2v) is 8.12. The fraction of sp³-hybridized carbons (Fsp3) is 0.381. The van der Waals surface area contributed by atoms with Gasteiger partial charge in [-0.15, -0.1) is 0 Å². The van der Waals surface area contributed by atoms with E-state index in [4.69, 9.17) is 37.4 Å². The summed E-state index contributed by atoms with van der Waals surface area (Å²) < 4.78 is 16.6. The predicted octanol–water partition coefficient (Wildman–Crippen LogP) is 2.42. The van der Waals surface area contributed by atoms with Crippen LogP contribution in [0, 0.1) is 0 Å². The van der Waals surface area contributed by atoms with Gasteiger partial charge in [-0.2, -0.15) is 0 Å². The highest BCUT2D eigenvalue weighted by molar-refractivity contribution is 6.35. The lowest BCUT2D eigenvalue weighted by Gasteiger charge is -2.33. The molecular weight excluding hydrogens is 415 g/mol. The highest BCUT2D eigenvalue weighted by Crippen LogP contribution is 2.32. The number of quaternary nitrogens is 1. The van der Waals surface area contributed by atoms with Crippen LogP contribution in [-0.2, 0) is 11.3 Å². The van der Waals surface area contributed by atoms with E-state index in [9.17, 15) is 4.79 Å². The number of piperazine rings is 1. The number of fused-ring (bicyclic) bond motifs is 1. The van der Waals surface area contributed by atoms with E-state index in [-0.39, 0.29) is 12.7 Å². The van der Waals surface area contributed by atoms with Crippen molar-refractivity contribution >= 4 is 29.1 Å². The number of halogens is 2. The van der Waals surface area contributed by atoms with Gasteiger partial charge in [0.2, 0.25) is 6.79 Å². The Bertz CT molecular complexity index is 900. The maximum absolute atomic E-state index is 12.8. The minimum Gasteiger partial charge on any atom is -0.479 e. The lowest BCUT2D eigenvalue weighted by atomic mass is 10.1. The Morgan fingerprint density at radius 2 is 1.90 bits per heavy atom. The van der Waals surface area contributed by atoms with Gasteiger partial charge in [-0.1, -0.05) is 23.2 Å². The average molecular weight is 438 g/mol. The molecule has 2 aliphatic rings. The Morgan fingerprint density at radius 1 is 1.14 bits per heavy atom. The van der Waals surface area contributed by atoms with Gasteiger partial charge in [0, 0.05) is 10.6 Å². The van der Waals surface area contributed by atoms with Gasteiger partial charge in [0.25, 0.3) is 5.91 Å². The molecule has 0 unspecified atom stereocenters. The van der Waals surface area contributed by atoms with Crippen molar-refractivity contribution in [2.24, 2.45) is 0 Å². The van der Waals surface area contributed by atoms with E-state index in [0.29, 0.717) is 28.9 Å². The summed E-state index contributed by atoms with van der Waals surface area (Å²) in [4.78, 5) is 16.1. The monoisotopic (exact) mass is 437 g/mol. The molecule has 4 rings (SSSR count). The van der Waals surface area contributed by atoms with Crippen LogP contribution in [0.15, 0.2) is 36.4 Å². The van der Waals surface area contributed by atoms with E-state index in [1.807, 2.05) is 17.0 Å². The number of nitrogens with one attached hydrogen (secondary N) is 1. The van der Waals surface area contributed by atoms with Crippen LogP contribution >= 0.6 is 23.2 Å². The quantitative estimate of drug-likeness (QED) is 0.780. The van der Waals surface area contributed by atoms with E-state index in [0.717, 1.165) is 31.1 Å². The summed E-state index contributed by atoms with van der Waals surface area (Å²) in [5.74, 6) is 2.04. The Kier molecular flexibility index (Phi) is 6.04. The second-order valence-electron chi connectivity index (χ2n) is 7.27. The van der Waals surface area contributed by atoms with Gasteiger partial charge in [0.1, 0.15) is 12.3 Å². The molecule has 0 bridgehead atoms. The average Bonchev–Trinajstić information content (AvgIpc) is 3.18. The molecule has 2 aromatic carbocycles. The first-order valence-corrected chi connectivity index (χ1v) is 10.4. The third-order valence-electron chi connectivity index (χ3n) is 5.22. The number of hydrogen-bond acceptors (Lipinski definition) is 4. The van der Waals surface area contributed by atoms with Gasteiger partial charge < -0.3 is 24.0 Å². The van der Waals surface area contributed by atoms with Crippen molar-refractivity contribution in [2.45, 2.75) is 19.6 Å². The first-order chi connectivity index (χ1) is 14.0. The second kappa shape index (κ2) is 8.69. The van der Waals surface area contributed by atoms with E-state index < -0.39 is 6.10 Å². The molecule has 0 aromatic heterocycles.